The van der Waals surface area contributed by atoms with Crippen molar-refractivity contribution in [1.29, 1.82) is 0 Å². The number of hydrogen-bond donors (Lipinski definition) is 0. The van der Waals surface area contributed by atoms with Gasteiger partial charge in [0.2, 0.25) is 5.91 Å². The molecule has 6 nitrogen and oxygen atoms in total. The van der Waals surface area contributed by atoms with E-state index in [2.05, 4.69) is 0 Å². The molecule has 108 valence electrons. The Balaban J connectivity index is 2.14. The van der Waals surface area contributed by atoms with E-state index in [0.29, 0.717) is 18.0 Å². The Morgan fingerprint density at radius 1 is 1.45 bits per heavy atom. The van der Waals surface area contributed by atoms with Gasteiger partial charge in [-0.1, -0.05) is 12.1 Å². The molecule has 1 unspecified atom stereocenters. The highest BCUT2D eigenvalue weighted by Crippen LogP contribution is 2.33. The van der Waals surface area contributed by atoms with E-state index in [9.17, 15) is 9.59 Å². The van der Waals surface area contributed by atoms with E-state index >= 15 is 0 Å². The molecule has 1 aliphatic heterocycles. The molecule has 1 atom stereocenters. The second-order valence-corrected chi connectivity index (χ2v) is 4.54. The van der Waals surface area contributed by atoms with Gasteiger partial charge in [0.1, 0.15) is 5.75 Å². The lowest BCUT2D eigenvalue weighted by Gasteiger charge is -2.33. The molecule has 0 radical (unpaired) electrons. The van der Waals surface area contributed by atoms with E-state index in [1.807, 2.05) is 24.3 Å². The third-order valence-electron chi connectivity index (χ3n) is 3.25. The number of carbonyl (C=O) groups is 2. The predicted octanol–water partition coefficient (Wildman–Crippen LogP) is 1.21. The lowest BCUT2D eigenvalue weighted by Crippen LogP contribution is -2.45. The summed E-state index contributed by atoms with van der Waals surface area (Å²) in [6.07, 6.45) is -0.350. The van der Waals surface area contributed by atoms with Gasteiger partial charge < -0.3 is 9.64 Å². The second kappa shape index (κ2) is 5.92. The van der Waals surface area contributed by atoms with Crippen LogP contribution in [0.15, 0.2) is 24.3 Å². The number of para-hydroxylation sites is 2. The topological polar surface area (TPSA) is 59.1 Å². The summed E-state index contributed by atoms with van der Waals surface area (Å²) in [5.41, 5.74) is 0.698. The molecular formula is C14H18N2O4. The van der Waals surface area contributed by atoms with Crippen molar-refractivity contribution in [2.24, 2.45) is 0 Å². The highest BCUT2D eigenvalue weighted by Gasteiger charge is 2.31. The average Bonchev–Trinajstić information content (AvgIpc) is 2.46. The molecule has 1 aliphatic rings. The molecule has 1 heterocycles. The molecule has 0 saturated carbocycles. The van der Waals surface area contributed by atoms with E-state index < -0.39 is 6.10 Å². The Labute approximate surface area is 117 Å². The minimum Gasteiger partial charge on any atom is -0.479 e. The number of hydrogen-bond acceptors (Lipinski definition) is 4. The minimum absolute atomic E-state index is 0.142. The summed E-state index contributed by atoms with van der Waals surface area (Å²) in [5, 5.41) is 1.15. The molecule has 1 aromatic rings. The number of amides is 2. The molecule has 0 saturated heterocycles. The maximum Gasteiger partial charge on any atom is 0.267 e. The number of benzene rings is 1. The molecule has 20 heavy (non-hydrogen) atoms. The largest absolute Gasteiger partial charge is 0.479 e. The first-order valence-electron chi connectivity index (χ1n) is 6.42. The first kappa shape index (κ1) is 14.3. The zero-order chi connectivity index (χ0) is 14.7. The van der Waals surface area contributed by atoms with Crippen LogP contribution in [0.5, 0.6) is 5.75 Å². The van der Waals surface area contributed by atoms with Gasteiger partial charge in [0.05, 0.1) is 12.8 Å². The van der Waals surface area contributed by atoms with Crippen LogP contribution in [-0.4, -0.2) is 43.7 Å². The zero-order valence-electron chi connectivity index (χ0n) is 11.8. The number of nitrogens with zero attached hydrogens (tertiary/aromatic N) is 2. The van der Waals surface area contributed by atoms with Crippen LogP contribution in [0.2, 0.25) is 0 Å². The molecule has 2 rings (SSSR count). The standard InChI is InChI=1S/C14H18N2O4/c1-10-14(18)16(9-8-13(17)15(2)19-3)11-6-4-5-7-12(11)20-10/h4-7,10H,8-9H2,1-3H3. The normalized spacial score (nSPS) is 17.4. The lowest BCUT2D eigenvalue weighted by molar-refractivity contribution is -0.168. The van der Waals surface area contributed by atoms with Crippen LogP contribution >= 0.6 is 0 Å². The summed E-state index contributed by atoms with van der Waals surface area (Å²) < 4.78 is 5.54. The summed E-state index contributed by atoms with van der Waals surface area (Å²) >= 11 is 0. The molecule has 6 heteroatoms. The fourth-order valence-electron chi connectivity index (χ4n) is 2.06. The lowest BCUT2D eigenvalue weighted by atomic mass is 10.1. The number of anilines is 1. The smallest absolute Gasteiger partial charge is 0.267 e. The first-order chi connectivity index (χ1) is 9.54. The van der Waals surface area contributed by atoms with Gasteiger partial charge in [-0.25, -0.2) is 5.06 Å². The van der Waals surface area contributed by atoms with Gasteiger partial charge in [-0.05, 0) is 19.1 Å². The van der Waals surface area contributed by atoms with E-state index in [-0.39, 0.29) is 18.2 Å². The van der Waals surface area contributed by atoms with Crippen molar-refractivity contribution < 1.29 is 19.2 Å². The molecule has 0 N–H and O–H groups in total. The number of ether oxygens (including phenoxy) is 1. The third-order valence-corrected chi connectivity index (χ3v) is 3.25. The number of hydroxylamine groups is 2. The number of fused-ring (bicyclic) bond motifs is 1. The Morgan fingerprint density at radius 2 is 2.15 bits per heavy atom. The van der Waals surface area contributed by atoms with Gasteiger partial charge in [-0.15, -0.1) is 0 Å². The molecule has 0 fully saturated rings. The van der Waals surface area contributed by atoms with Crippen molar-refractivity contribution in [3.8, 4) is 5.75 Å². The Bertz CT molecular complexity index is 518. The number of rotatable bonds is 4. The second-order valence-electron chi connectivity index (χ2n) is 4.54. The summed E-state index contributed by atoms with van der Waals surface area (Å²) in [6.45, 7) is 2.00. The van der Waals surface area contributed by atoms with Crippen molar-refractivity contribution in [2.45, 2.75) is 19.4 Å². The Kier molecular flexibility index (Phi) is 4.24. The predicted molar refractivity (Wildman–Crippen MR) is 73.3 cm³/mol. The molecule has 0 bridgehead atoms. The van der Waals surface area contributed by atoms with Crippen LogP contribution < -0.4 is 9.64 Å². The number of carbonyl (C=O) groups excluding carboxylic acids is 2. The van der Waals surface area contributed by atoms with Crippen LogP contribution in [0, 0.1) is 0 Å². The van der Waals surface area contributed by atoms with Gasteiger partial charge in [0.15, 0.2) is 6.10 Å². The van der Waals surface area contributed by atoms with E-state index in [0.717, 1.165) is 5.06 Å². The van der Waals surface area contributed by atoms with E-state index in [4.69, 9.17) is 9.57 Å². The van der Waals surface area contributed by atoms with Gasteiger partial charge in [-0.2, -0.15) is 0 Å². The van der Waals surface area contributed by atoms with Crippen molar-refractivity contribution in [1.82, 2.24) is 5.06 Å². The van der Waals surface area contributed by atoms with Gasteiger partial charge in [0, 0.05) is 20.0 Å². The Hall–Kier alpha value is -2.08. The SMILES string of the molecule is CON(C)C(=O)CCN1C(=O)C(C)Oc2ccccc21. The summed E-state index contributed by atoms with van der Waals surface area (Å²) in [4.78, 5) is 30.3. The highest BCUT2D eigenvalue weighted by atomic mass is 16.7. The van der Waals surface area contributed by atoms with Crippen molar-refractivity contribution in [3.63, 3.8) is 0 Å². The monoisotopic (exact) mass is 278 g/mol. The molecule has 1 aromatic carbocycles. The zero-order valence-corrected chi connectivity index (χ0v) is 11.8. The third kappa shape index (κ3) is 2.75. The minimum atomic E-state index is -0.542. The molecule has 0 aromatic heterocycles. The van der Waals surface area contributed by atoms with E-state index in [1.54, 1.807) is 18.9 Å². The van der Waals surface area contributed by atoms with Crippen LogP contribution in [0.3, 0.4) is 0 Å². The summed E-state index contributed by atoms with van der Waals surface area (Å²) in [5.74, 6) is 0.334. The van der Waals surface area contributed by atoms with Crippen LogP contribution in [0.4, 0.5) is 5.69 Å². The molecule has 0 spiro atoms. The first-order valence-corrected chi connectivity index (χ1v) is 6.42. The fourth-order valence-corrected chi connectivity index (χ4v) is 2.06. The Morgan fingerprint density at radius 3 is 2.85 bits per heavy atom. The molecule has 0 aliphatic carbocycles. The van der Waals surface area contributed by atoms with E-state index in [1.165, 1.54) is 7.11 Å². The summed E-state index contributed by atoms with van der Waals surface area (Å²) in [7, 11) is 2.97. The van der Waals surface area contributed by atoms with Crippen LogP contribution in [0.25, 0.3) is 0 Å². The quantitative estimate of drug-likeness (QED) is 0.777. The van der Waals surface area contributed by atoms with Gasteiger partial charge in [0.25, 0.3) is 5.91 Å². The maximum absolute atomic E-state index is 12.2. The van der Waals surface area contributed by atoms with Crippen molar-refractivity contribution in [3.05, 3.63) is 24.3 Å². The van der Waals surface area contributed by atoms with Crippen molar-refractivity contribution in [2.75, 3.05) is 25.6 Å². The maximum atomic E-state index is 12.2. The fraction of sp³-hybridized carbons (Fsp3) is 0.429. The molecule has 2 amide bonds. The molecular weight excluding hydrogens is 260 g/mol. The highest BCUT2D eigenvalue weighted by molar-refractivity contribution is 6.00. The van der Waals surface area contributed by atoms with Crippen LogP contribution in [-0.2, 0) is 14.4 Å². The van der Waals surface area contributed by atoms with Crippen LogP contribution in [0.1, 0.15) is 13.3 Å². The van der Waals surface area contributed by atoms with Crippen molar-refractivity contribution >= 4 is 17.5 Å². The average molecular weight is 278 g/mol. The van der Waals surface area contributed by atoms with Gasteiger partial charge >= 0.3 is 0 Å². The van der Waals surface area contributed by atoms with Gasteiger partial charge in [-0.3, -0.25) is 14.4 Å². The summed E-state index contributed by atoms with van der Waals surface area (Å²) in [6, 6.07) is 7.31.